The number of halogens is 2. The second-order valence-corrected chi connectivity index (χ2v) is 6.75. The van der Waals surface area contributed by atoms with E-state index >= 15 is 0 Å². The topological polar surface area (TPSA) is 29.1 Å². The predicted octanol–water partition coefficient (Wildman–Crippen LogP) is 5.37. The van der Waals surface area contributed by atoms with Gasteiger partial charge in [-0.2, -0.15) is 0 Å². The number of aryl methyl sites for hydroxylation is 1. The highest BCUT2D eigenvalue weighted by Gasteiger charge is 2.06. The van der Waals surface area contributed by atoms with Gasteiger partial charge in [0.2, 0.25) is 5.91 Å². The molecule has 0 unspecified atom stereocenters. The number of carbonyl (C=O) groups excluding carboxylic acids is 1. The molecule has 0 bridgehead atoms. The van der Waals surface area contributed by atoms with Gasteiger partial charge in [-0.15, -0.1) is 0 Å². The van der Waals surface area contributed by atoms with Gasteiger partial charge < -0.3 is 5.32 Å². The lowest BCUT2D eigenvalue weighted by atomic mass is 10.0. The third-order valence-electron chi connectivity index (χ3n) is 3.78. The zero-order valence-electron chi connectivity index (χ0n) is 13.4. The third kappa shape index (κ3) is 5.56. The van der Waals surface area contributed by atoms with Crippen LogP contribution in [0.25, 0.3) is 0 Å². The highest BCUT2D eigenvalue weighted by Crippen LogP contribution is 2.20. The molecule has 0 atom stereocenters. The standard InChI is InChI=1S/C19H21Cl2NO/c1-13(2)15-6-3-14(4-7-15)5-10-19(23)22-12-16-8-9-17(20)11-18(16)21/h3-4,6-9,11,13H,5,10,12H2,1-2H3,(H,22,23). The van der Waals surface area contributed by atoms with Gasteiger partial charge in [-0.05, 0) is 41.2 Å². The summed E-state index contributed by atoms with van der Waals surface area (Å²) < 4.78 is 0. The maximum atomic E-state index is 12.0. The third-order valence-corrected chi connectivity index (χ3v) is 4.37. The van der Waals surface area contributed by atoms with Crippen LogP contribution in [0, 0.1) is 0 Å². The molecule has 0 radical (unpaired) electrons. The first-order valence-corrected chi connectivity index (χ1v) is 8.51. The first-order valence-electron chi connectivity index (χ1n) is 7.75. The Bertz CT molecular complexity index is 666. The quantitative estimate of drug-likeness (QED) is 0.746. The first kappa shape index (κ1) is 17.8. The lowest BCUT2D eigenvalue weighted by Gasteiger charge is -2.09. The smallest absolute Gasteiger partial charge is 0.220 e. The van der Waals surface area contributed by atoms with Crippen molar-refractivity contribution >= 4 is 29.1 Å². The summed E-state index contributed by atoms with van der Waals surface area (Å²) in [5.74, 6) is 0.542. The first-order chi connectivity index (χ1) is 11.0. The van der Waals surface area contributed by atoms with Gasteiger partial charge in [0.25, 0.3) is 0 Å². The van der Waals surface area contributed by atoms with E-state index in [4.69, 9.17) is 23.2 Å². The fourth-order valence-corrected chi connectivity index (χ4v) is 2.75. The number of benzene rings is 2. The molecular weight excluding hydrogens is 329 g/mol. The van der Waals surface area contributed by atoms with Crippen molar-refractivity contribution in [2.75, 3.05) is 0 Å². The van der Waals surface area contributed by atoms with Gasteiger partial charge in [0.15, 0.2) is 0 Å². The Morgan fingerprint density at radius 2 is 1.78 bits per heavy atom. The van der Waals surface area contributed by atoms with Crippen molar-refractivity contribution in [3.63, 3.8) is 0 Å². The van der Waals surface area contributed by atoms with Crippen LogP contribution >= 0.6 is 23.2 Å². The molecule has 0 spiro atoms. The largest absolute Gasteiger partial charge is 0.352 e. The maximum absolute atomic E-state index is 12.0. The molecule has 1 N–H and O–H groups in total. The van der Waals surface area contributed by atoms with Crippen molar-refractivity contribution in [3.8, 4) is 0 Å². The molecule has 0 heterocycles. The Morgan fingerprint density at radius 3 is 2.39 bits per heavy atom. The number of rotatable bonds is 6. The summed E-state index contributed by atoms with van der Waals surface area (Å²) >= 11 is 11.9. The number of nitrogens with one attached hydrogen (secondary N) is 1. The highest BCUT2D eigenvalue weighted by molar-refractivity contribution is 6.35. The van der Waals surface area contributed by atoms with Crippen LogP contribution in [0.3, 0.4) is 0 Å². The van der Waals surface area contributed by atoms with E-state index in [9.17, 15) is 4.79 Å². The lowest BCUT2D eigenvalue weighted by molar-refractivity contribution is -0.121. The van der Waals surface area contributed by atoms with Crippen molar-refractivity contribution < 1.29 is 4.79 Å². The monoisotopic (exact) mass is 349 g/mol. The summed E-state index contributed by atoms with van der Waals surface area (Å²) in [5, 5.41) is 4.06. The molecule has 0 aliphatic heterocycles. The molecule has 0 aliphatic carbocycles. The normalized spacial score (nSPS) is 10.8. The molecule has 23 heavy (non-hydrogen) atoms. The number of carbonyl (C=O) groups is 1. The van der Waals surface area contributed by atoms with Gasteiger partial charge in [0.1, 0.15) is 0 Å². The van der Waals surface area contributed by atoms with Crippen molar-refractivity contribution in [1.82, 2.24) is 5.32 Å². The van der Waals surface area contributed by atoms with Crippen LogP contribution in [0.15, 0.2) is 42.5 Å². The van der Waals surface area contributed by atoms with Crippen molar-refractivity contribution in [3.05, 3.63) is 69.2 Å². The summed E-state index contributed by atoms with van der Waals surface area (Å²) in [6.45, 7) is 4.76. The Hall–Kier alpha value is -1.51. The molecule has 0 aromatic heterocycles. The van der Waals surface area contributed by atoms with E-state index in [-0.39, 0.29) is 5.91 Å². The van der Waals surface area contributed by atoms with Gasteiger partial charge in [-0.25, -0.2) is 0 Å². The average Bonchev–Trinajstić information content (AvgIpc) is 2.52. The fraction of sp³-hybridized carbons (Fsp3) is 0.316. The molecular formula is C19H21Cl2NO. The predicted molar refractivity (Wildman–Crippen MR) is 97.2 cm³/mol. The van der Waals surface area contributed by atoms with Crippen molar-refractivity contribution in [2.45, 2.75) is 39.2 Å². The molecule has 2 aromatic rings. The fourth-order valence-electron chi connectivity index (χ4n) is 2.27. The Labute approximate surface area is 147 Å². The Kier molecular flexibility index (Phi) is 6.49. The SMILES string of the molecule is CC(C)c1ccc(CCC(=O)NCc2ccc(Cl)cc2Cl)cc1. The second-order valence-electron chi connectivity index (χ2n) is 5.91. The minimum absolute atomic E-state index is 0.0175. The van der Waals surface area contributed by atoms with Crippen LogP contribution in [0.1, 0.15) is 42.9 Å². The molecule has 2 aromatic carbocycles. The number of hydrogen-bond donors (Lipinski definition) is 1. The van der Waals surface area contributed by atoms with E-state index in [1.54, 1.807) is 12.1 Å². The van der Waals surface area contributed by atoms with E-state index < -0.39 is 0 Å². The van der Waals surface area contributed by atoms with Crippen LogP contribution in [0.2, 0.25) is 10.0 Å². The van der Waals surface area contributed by atoms with Gasteiger partial charge in [-0.3, -0.25) is 4.79 Å². The number of hydrogen-bond acceptors (Lipinski definition) is 1. The molecule has 2 nitrogen and oxygen atoms in total. The Balaban J connectivity index is 1.80. The maximum Gasteiger partial charge on any atom is 0.220 e. The minimum Gasteiger partial charge on any atom is -0.352 e. The number of amides is 1. The van der Waals surface area contributed by atoms with Gasteiger partial charge >= 0.3 is 0 Å². The summed E-state index contributed by atoms with van der Waals surface area (Å²) in [6, 6.07) is 13.7. The molecule has 2 rings (SSSR count). The summed E-state index contributed by atoms with van der Waals surface area (Å²) in [7, 11) is 0. The van der Waals surface area contributed by atoms with Crippen molar-refractivity contribution in [2.24, 2.45) is 0 Å². The highest BCUT2D eigenvalue weighted by atomic mass is 35.5. The summed E-state index contributed by atoms with van der Waals surface area (Å²) in [6.07, 6.45) is 1.20. The van der Waals surface area contributed by atoms with Gasteiger partial charge in [0, 0.05) is 23.0 Å². The summed E-state index contributed by atoms with van der Waals surface area (Å²) in [5.41, 5.74) is 3.36. The molecule has 4 heteroatoms. The Morgan fingerprint density at radius 1 is 1.09 bits per heavy atom. The molecule has 0 aliphatic rings. The molecule has 0 fully saturated rings. The van der Waals surface area contributed by atoms with E-state index in [0.29, 0.717) is 28.9 Å². The van der Waals surface area contributed by atoms with E-state index in [2.05, 4.69) is 43.4 Å². The van der Waals surface area contributed by atoms with Crippen LogP contribution in [0.4, 0.5) is 0 Å². The van der Waals surface area contributed by atoms with Crippen molar-refractivity contribution in [1.29, 1.82) is 0 Å². The molecule has 1 amide bonds. The van der Waals surface area contributed by atoms with Crippen LogP contribution in [-0.4, -0.2) is 5.91 Å². The van der Waals surface area contributed by atoms with Crippen LogP contribution < -0.4 is 5.32 Å². The lowest BCUT2D eigenvalue weighted by Crippen LogP contribution is -2.23. The van der Waals surface area contributed by atoms with E-state index in [1.807, 2.05) is 6.07 Å². The minimum atomic E-state index is 0.0175. The van der Waals surface area contributed by atoms with E-state index in [1.165, 1.54) is 11.1 Å². The molecule has 122 valence electrons. The van der Waals surface area contributed by atoms with Crippen LogP contribution in [-0.2, 0) is 17.8 Å². The van der Waals surface area contributed by atoms with Gasteiger partial charge in [-0.1, -0.05) is 67.4 Å². The molecule has 0 saturated carbocycles. The van der Waals surface area contributed by atoms with Gasteiger partial charge in [0.05, 0.1) is 0 Å². The zero-order valence-corrected chi connectivity index (χ0v) is 14.9. The van der Waals surface area contributed by atoms with E-state index in [0.717, 1.165) is 12.0 Å². The zero-order chi connectivity index (χ0) is 16.8. The second kappa shape index (κ2) is 8.37. The average molecular weight is 350 g/mol. The molecule has 0 saturated heterocycles. The summed E-state index contributed by atoms with van der Waals surface area (Å²) in [4.78, 5) is 12.0. The van der Waals surface area contributed by atoms with Crippen LogP contribution in [0.5, 0.6) is 0 Å².